The Morgan fingerprint density at radius 3 is 2.41 bits per heavy atom. The molecule has 3 aromatic rings. The van der Waals surface area contributed by atoms with Crippen molar-refractivity contribution in [2.24, 2.45) is 5.92 Å². The second-order valence-corrected chi connectivity index (χ2v) is 8.47. The molecule has 0 bridgehead atoms. The Bertz CT molecular complexity index is 1220. The van der Waals surface area contributed by atoms with Gasteiger partial charge in [-0.1, -0.05) is 26.0 Å². The van der Waals surface area contributed by atoms with Gasteiger partial charge in [-0.3, -0.25) is 10.4 Å². The van der Waals surface area contributed by atoms with Crippen molar-refractivity contribution in [2.45, 2.75) is 26.1 Å². The maximum Gasteiger partial charge on any atom is 0.416 e. The first-order valence-electron chi connectivity index (χ1n) is 10.9. The molecule has 0 spiro atoms. The zero-order valence-electron chi connectivity index (χ0n) is 18.8. The normalized spacial score (nSPS) is 16.6. The van der Waals surface area contributed by atoms with E-state index in [2.05, 4.69) is 9.88 Å². The largest absolute Gasteiger partial charge is 0.416 e. The molecule has 2 aromatic carbocycles. The summed E-state index contributed by atoms with van der Waals surface area (Å²) in [5.41, 5.74) is 1.03. The van der Waals surface area contributed by atoms with Gasteiger partial charge in [-0.2, -0.15) is 18.4 Å². The highest BCUT2D eigenvalue weighted by molar-refractivity contribution is 5.96. The molecule has 1 aliphatic heterocycles. The first kappa shape index (κ1) is 23.3. The number of halogens is 3. The van der Waals surface area contributed by atoms with Crippen LogP contribution in [0.3, 0.4) is 0 Å². The lowest BCUT2D eigenvalue weighted by atomic mass is 9.99. The maximum absolute atomic E-state index is 12.9. The number of nitriles is 1. The summed E-state index contributed by atoms with van der Waals surface area (Å²) >= 11 is 0. The molecule has 1 atom stereocenters. The van der Waals surface area contributed by atoms with Crippen molar-refractivity contribution in [2.75, 3.05) is 29.4 Å². The average molecular weight is 467 g/mol. The lowest BCUT2D eigenvalue weighted by Gasteiger charge is -2.45. The summed E-state index contributed by atoms with van der Waals surface area (Å²) in [4.78, 5) is 14.2. The van der Waals surface area contributed by atoms with Crippen LogP contribution in [0, 0.1) is 22.8 Å². The second kappa shape index (κ2) is 9.17. The number of hydrogen-bond acceptors (Lipinski definition) is 5. The Hall–Kier alpha value is -3.87. The number of rotatable bonds is 3. The highest BCUT2D eigenvalue weighted by Crippen LogP contribution is 2.31. The minimum Gasteiger partial charge on any atom is -0.351 e. The molecule has 1 aliphatic rings. The van der Waals surface area contributed by atoms with E-state index in [1.54, 1.807) is 6.20 Å². The van der Waals surface area contributed by atoms with E-state index in [0.29, 0.717) is 19.6 Å². The van der Waals surface area contributed by atoms with Crippen molar-refractivity contribution >= 4 is 28.5 Å². The van der Waals surface area contributed by atoms with Gasteiger partial charge in [0.1, 0.15) is 5.82 Å². The van der Waals surface area contributed by atoms with Gasteiger partial charge in [-0.15, -0.1) is 0 Å². The number of alkyl halides is 3. The van der Waals surface area contributed by atoms with E-state index in [4.69, 9.17) is 10.4 Å². The fourth-order valence-electron chi connectivity index (χ4n) is 4.11. The molecule has 0 aliphatic carbocycles. The van der Waals surface area contributed by atoms with Crippen LogP contribution < -0.4 is 9.80 Å². The van der Waals surface area contributed by atoms with Gasteiger partial charge in [-0.25, -0.2) is 9.88 Å². The predicted octanol–water partition coefficient (Wildman–Crippen LogP) is 4.72. The summed E-state index contributed by atoms with van der Waals surface area (Å²) in [5, 5.41) is 18.4. The van der Waals surface area contributed by atoms with Crippen LogP contribution >= 0.6 is 0 Å². The van der Waals surface area contributed by atoms with Crippen LogP contribution in [0.2, 0.25) is 0 Å². The Labute approximate surface area is 195 Å². The van der Waals surface area contributed by atoms with Gasteiger partial charge in [0.25, 0.3) is 0 Å². The van der Waals surface area contributed by atoms with Crippen LogP contribution in [0.5, 0.6) is 0 Å². The Morgan fingerprint density at radius 2 is 1.79 bits per heavy atom. The van der Waals surface area contributed by atoms with Crippen molar-refractivity contribution in [1.82, 2.24) is 14.9 Å². The molecular weight excluding hydrogens is 443 g/mol. The summed E-state index contributed by atoms with van der Waals surface area (Å²) in [5.74, 6) is 0.824. The fourth-order valence-corrected chi connectivity index (χ4v) is 4.11. The van der Waals surface area contributed by atoms with Gasteiger partial charge in [0.2, 0.25) is 5.96 Å². The third-order valence-corrected chi connectivity index (χ3v) is 5.98. The van der Waals surface area contributed by atoms with Crippen molar-refractivity contribution in [3.05, 3.63) is 60.3 Å². The lowest BCUT2D eigenvalue weighted by Crippen LogP contribution is -2.60. The summed E-state index contributed by atoms with van der Waals surface area (Å²) < 4.78 is 38.7. The molecule has 0 amide bonds. The number of nitrogens with one attached hydrogen (secondary N) is 1. The molecule has 4 rings (SSSR count). The van der Waals surface area contributed by atoms with E-state index in [0.717, 1.165) is 33.9 Å². The number of nitrogens with zero attached hydrogens (tertiary/aromatic N) is 6. The number of fused-ring (bicyclic) bond motifs is 1. The highest BCUT2D eigenvalue weighted by atomic mass is 19.4. The van der Waals surface area contributed by atoms with E-state index in [1.165, 1.54) is 12.1 Å². The molecule has 1 N–H and O–H groups in total. The maximum atomic E-state index is 12.9. The molecule has 1 saturated heterocycles. The SMILES string of the molecule is CC(C)C1CN(c2cnc3ccccc3n2)CCN1C(=N)N(C#N)c1ccc(C(F)(F)F)cc1. The highest BCUT2D eigenvalue weighted by Gasteiger charge is 2.35. The molecule has 0 radical (unpaired) electrons. The quantitative estimate of drug-likeness (QED) is 0.260. The van der Waals surface area contributed by atoms with Crippen LogP contribution in [-0.2, 0) is 6.18 Å². The monoisotopic (exact) mass is 467 g/mol. The Kier molecular flexibility index (Phi) is 6.28. The molecular formula is C24H24F3N7. The number of benzene rings is 2. The van der Waals surface area contributed by atoms with Gasteiger partial charge in [0.15, 0.2) is 6.19 Å². The molecule has 1 unspecified atom stereocenters. The van der Waals surface area contributed by atoms with E-state index in [-0.39, 0.29) is 23.6 Å². The van der Waals surface area contributed by atoms with E-state index in [1.807, 2.05) is 49.2 Å². The first-order chi connectivity index (χ1) is 16.2. The topological polar surface area (TPSA) is 83.1 Å². The lowest BCUT2D eigenvalue weighted by molar-refractivity contribution is -0.137. The van der Waals surface area contributed by atoms with Gasteiger partial charge < -0.3 is 9.80 Å². The first-order valence-corrected chi connectivity index (χ1v) is 10.9. The Morgan fingerprint density at radius 1 is 1.12 bits per heavy atom. The number of hydrogen-bond donors (Lipinski definition) is 1. The number of guanidine groups is 1. The van der Waals surface area contributed by atoms with Crippen molar-refractivity contribution in [1.29, 1.82) is 10.7 Å². The molecule has 1 fully saturated rings. The minimum absolute atomic E-state index is 0.0646. The Balaban J connectivity index is 1.55. The summed E-state index contributed by atoms with van der Waals surface area (Å²) in [6.45, 7) is 5.66. The zero-order valence-corrected chi connectivity index (χ0v) is 18.8. The summed E-state index contributed by atoms with van der Waals surface area (Å²) in [6.07, 6.45) is -0.777. The van der Waals surface area contributed by atoms with Gasteiger partial charge in [0.05, 0.1) is 34.5 Å². The number of aromatic nitrogens is 2. The van der Waals surface area contributed by atoms with E-state index < -0.39 is 11.7 Å². The zero-order chi connectivity index (χ0) is 24.5. The van der Waals surface area contributed by atoms with E-state index in [9.17, 15) is 18.4 Å². The van der Waals surface area contributed by atoms with E-state index >= 15 is 0 Å². The molecule has 7 nitrogen and oxygen atoms in total. The molecule has 34 heavy (non-hydrogen) atoms. The van der Waals surface area contributed by atoms with Crippen molar-refractivity contribution in [3.8, 4) is 6.19 Å². The molecule has 0 saturated carbocycles. The van der Waals surface area contributed by atoms with Crippen LogP contribution in [0.1, 0.15) is 19.4 Å². The third kappa shape index (κ3) is 4.59. The van der Waals surface area contributed by atoms with Crippen LogP contribution in [0.15, 0.2) is 54.7 Å². The van der Waals surface area contributed by atoms with Gasteiger partial charge in [-0.05, 0) is 42.3 Å². The summed E-state index contributed by atoms with van der Waals surface area (Å²) in [6, 6.07) is 11.8. The average Bonchev–Trinajstić information content (AvgIpc) is 2.83. The third-order valence-electron chi connectivity index (χ3n) is 5.98. The summed E-state index contributed by atoms with van der Waals surface area (Å²) in [7, 11) is 0. The van der Waals surface area contributed by atoms with Crippen molar-refractivity contribution in [3.63, 3.8) is 0 Å². The fraction of sp³-hybridized carbons (Fsp3) is 0.333. The number of anilines is 2. The van der Waals surface area contributed by atoms with Crippen molar-refractivity contribution < 1.29 is 13.2 Å². The molecule has 1 aromatic heterocycles. The second-order valence-electron chi connectivity index (χ2n) is 8.47. The van der Waals surface area contributed by atoms with Crippen LogP contribution in [0.25, 0.3) is 11.0 Å². The smallest absolute Gasteiger partial charge is 0.351 e. The van der Waals surface area contributed by atoms with Crippen LogP contribution in [-0.4, -0.2) is 46.5 Å². The molecule has 2 heterocycles. The molecule has 176 valence electrons. The number of para-hydroxylation sites is 2. The van der Waals surface area contributed by atoms with Gasteiger partial charge >= 0.3 is 6.18 Å². The number of piperazine rings is 1. The van der Waals surface area contributed by atoms with Crippen LogP contribution in [0.4, 0.5) is 24.7 Å². The van der Waals surface area contributed by atoms with Gasteiger partial charge in [0, 0.05) is 19.6 Å². The molecule has 10 heteroatoms. The minimum atomic E-state index is -4.46. The predicted molar refractivity (Wildman–Crippen MR) is 124 cm³/mol. The standard InChI is InChI=1S/C24H24F3N7/c1-16(2)21-14-32(22-13-30-19-5-3-4-6-20(19)31-22)11-12-33(21)23(29)34(15-28)18-9-7-17(8-10-18)24(25,26)27/h3-10,13,16,21,29H,11-12,14H2,1-2H3.